The fraction of sp³-hybridized carbons (Fsp3) is 0.500. The molecule has 6 heteroatoms. The Morgan fingerprint density at radius 1 is 1.14 bits per heavy atom. The molecule has 4 nitrogen and oxygen atoms in total. The van der Waals surface area contributed by atoms with Crippen molar-refractivity contribution in [2.75, 3.05) is 12.7 Å². The van der Waals surface area contributed by atoms with Gasteiger partial charge in [0.05, 0.1) is 0 Å². The Morgan fingerprint density at radius 3 is 2.27 bits per heavy atom. The summed E-state index contributed by atoms with van der Waals surface area (Å²) in [5, 5.41) is 11.3. The van der Waals surface area contributed by atoms with E-state index in [1.807, 2.05) is 0 Å². The van der Waals surface area contributed by atoms with E-state index in [0.29, 0.717) is 10.6 Å². The first kappa shape index (κ1) is 17.9. The van der Waals surface area contributed by atoms with Gasteiger partial charge >= 0.3 is 0 Å². The molecule has 0 radical (unpaired) electrons. The van der Waals surface area contributed by atoms with E-state index < -0.39 is 13.3 Å². The number of allylic oxidation sites excluding steroid dienone is 1. The van der Waals surface area contributed by atoms with Crippen LogP contribution in [0.1, 0.15) is 37.7 Å². The van der Waals surface area contributed by atoms with Crippen LogP contribution in [0.15, 0.2) is 35.7 Å². The molecule has 0 aliphatic heterocycles. The fourth-order valence-electron chi connectivity index (χ4n) is 2.89. The van der Waals surface area contributed by atoms with Crippen LogP contribution in [0.25, 0.3) is 0 Å². The molecule has 0 heterocycles. The molecule has 1 unspecified atom stereocenters. The van der Waals surface area contributed by atoms with E-state index in [1.54, 1.807) is 30.1 Å². The molecular weight excluding hydrogens is 321 g/mol. The van der Waals surface area contributed by atoms with Gasteiger partial charge in [0.15, 0.2) is 6.16 Å². The standard InChI is InChI=1S/C16H24ClNO3P/c17-15-8-6-14(7-9-15)16(19,11-18)12-22(20,21)10-13-4-2-1-3-5-13/h6-10,19-21H,1-5,11-12,18H2/q+1. The van der Waals surface area contributed by atoms with E-state index in [9.17, 15) is 14.9 Å². The van der Waals surface area contributed by atoms with Gasteiger partial charge in [-0.15, -0.1) is 0 Å². The van der Waals surface area contributed by atoms with Crippen LogP contribution in [0, 0.1) is 0 Å². The minimum absolute atomic E-state index is 0.0827. The van der Waals surface area contributed by atoms with Gasteiger partial charge in [0.1, 0.15) is 11.4 Å². The lowest BCUT2D eigenvalue weighted by Gasteiger charge is -2.28. The molecule has 5 N–H and O–H groups in total. The average molecular weight is 345 g/mol. The second-order valence-electron chi connectivity index (χ2n) is 6.03. The van der Waals surface area contributed by atoms with Crippen molar-refractivity contribution < 1.29 is 14.9 Å². The Labute approximate surface area is 137 Å². The lowest BCUT2D eigenvalue weighted by Crippen LogP contribution is -2.39. The number of rotatable bonds is 5. The largest absolute Gasteiger partial charge is 0.380 e. The van der Waals surface area contributed by atoms with E-state index >= 15 is 0 Å². The summed E-state index contributed by atoms with van der Waals surface area (Å²) in [5.41, 5.74) is 5.88. The van der Waals surface area contributed by atoms with Crippen LogP contribution in [0.5, 0.6) is 0 Å². The molecule has 0 spiro atoms. The van der Waals surface area contributed by atoms with Gasteiger partial charge in [-0.2, -0.15) is 0 Å². The monoisotopic (exact) mass is 344 g/mol. The maximum atomic E-state index is 10.8. The number of benzene rings is 1. The third-order valence-corrected chi connectivity index (χ3v) is 6.12. The normalized spacial score (nSPS) is 18.9. The van der Waals surface area contributed by atoms with Crippen molar-refractivity contribution in [2.45, 2.75) is 37.7 Å². The summed E-state index contributed by atoms with van der Waals surface area (Å²) in [4.78, 5) is 20.8. The highest BCUT2D eigenvalue weighted by molar-refractivity contribution is 7.67. The predicted octanol–water partition coefficient (Wildman–Crippen LogP) is 3.17. The summed E-state index contributed by atoms with van der Waals surface area (Å²) < 4.78 is 0. The van der Waals surface area contributed by atoms with Crippen LogP contribution in [-0.2, 0) is 5.60 Å². The van der Waals surface area contributed by atoms with E-state index in [4.69, 9.17) is 17.3 Å². The van der Waals surface area contributed by atoms with Gasteiger partial charge in [-0.25, -0.2) is 9.79 Å². The SMILES string of the molecule is NCC(O)(C[P+](O)(O)C=C1CCCCC1)c1ccc(Cl)cc1. The molecule has 1 atom stereocenters. The third-order valence-electron chi connectivity index (χ3n) is 4.10. The van der Waals surface area contributed by atoms with Crippen molar-refractivity contribution in [3.05, 3.63) is 46.2 Å². The van der Waals surface area contributed by atoms with Gasteiger partial charge in [0.2, 0.25) is 0 Å². The van der Waals surface area contributed by atoms with Crippen molar-refractivity contribution >= 4 is 19.3 Å². The average Bonchev–Trinajstić information content (AvgIpc) is 2.47. The van der Waals surface area contributed by atoms with Gasteiger partial charge < -0.3 is 10.8 Å². The van der Waals surface area contributed by atoms with Crippen LogP contribution in [0.3, 0.4) is 0 Å². The van der Waals surface area contributed by atoms with Crippen LogP contribution in [0.2, 0.25) is 5.02 Å². The summed E-state index contributed by atoms with van der Waals surface area (Å²) in [6.45, 7) is -0.0827. The van der Waals surface area contributed by atoms with Gasteiger partial charge in [0, 0.05) is 11.6 Å². The molecule has 1 aromatic rings. The topological polar surface area (TPSA) is 86.7 Å². The second kappa shape index (κ2) is 7.39. The van der Waals surface area contributed by atoms with Gasteiger partial charge in [-0.1, -0.05) is 30.2 Å². The first-order valence-corrected chi connectivity index (χ1v) is 9.90. The molecule has 122 valence electrons. The number of aliphatic hydroxyl groups is 1. The highest BCUT2D eigenvalue weighted by Crippen LogP contribution is 2.57. The van der Waals surface area contributed by atoms with Gasteiger partial charge in [0.25, 0.3) is 7.72 Å². The molecule has 1 aromatic carbocycles. The first-order chi connectivity index (χ1) is 10.3. The zero-order valence-electron chi connectivity index (χ0n) is 12.6. The Morgan fingerprint density at radius 2 is 1.73 bits per heavy atom. The van der Waals surface area contributed by atoms with Crippen molar-refractivity contribution in [2.24, 2.45) is 5.73 Å². The number of hydrogen-bond acceptors (Lipinski definition) is 4. The molecule has 1 aliphatic rings. The zero-order valence-corrected chi connectivity index (χ0v) is 14.2. The molecule has 0 bridgehead atoms. The van der Waals surface area contributed by atoms with Crippen molar-refractivity contribution in [3.8, 4) is 0 Å². The van der Waals surface area contributed by atoms with Crippen molar-refractivity contribution in [1.29, 1.82) is 0 Å². The van der Waals surface area contributed by atoms with Crippen LogP contribution >= 0.6 is 19.3 Å². The molecule has 2 rings (SSSR count). The van der Waals surface area contributed by atoms with E-state index in [1.165, 1.54) is 6.42 Å². The third kappa shape index (κ3) is 4.76. The summed E-state index contributed by atoms with van der Waals surface area (Å²) in [6, 6.07) is 6.66. The second-order valence-corrected chi connectivity index (χ2v) is 8.62. The Kier molecular flexibility index (Phi) is 6.00. The van der Waals surface area contributed by atoms with Crippen LogP contribution in [-0.4, -0.2) is 27.6 Å². The number of nitrogens with two attached hydrogens (primary N) is 1. The van der Waals surface area contributed by atoms with Crippen molar-refractivity contribution in [1.82, 2.24) is 0 Å². The number of hydrogen-bond donors (Lipinski definition) is 4. The van der Waals surface area contributed by atoms with Crippen molar-refractivity contribution in [3.63, 3.8) is 0 Å². The molecule has 0 amide bonds. The smallest absolute Gasteiger partial charge is 0.296 e. The maximum Gasteiger partial charge on any atom is 0.296 e. The summed E-state index contributed by atoms with van der Waals surface area (Å²) in [6.07, 6.45) is 5.02. The molecule has 0 aromatic heterocycles. The van der Waals surface area contributed by atoms with E-state index in [-0.39, 0.29) is 12.7 Å². The highest BCUT2D eigenvalue weighted by atomic mass is 35.5. The molecular formula is C16H24ClNO3P+. The molecule has 1 saturated carbocycles. The lowest BCUT2D eigenvalue weighted by atomic mass is 9.96. The predicted molar refractivity (Wildman–Crippen MR) is 91.8 cm³/mol. The van der Waals surface area contributed by atoms with Gasteiger partial charge in [-0.3, -0.25) is 0 Å². The fourth-order valence-corrected chi connectivity index (χ4v) is 5.03. The Bertz CT molecular complexity index is 525. The lowest BCUT2D eigenvalue weighted by molar-refractivity contribution is 0.0667. The summed E-state index contributed by atoms with van der Waals surface area (Å²) in [7, 11) is -3.35. The van der Waals surface area contributed by atoms with Crippen LogP contribution in [0.4, 0.5) is 0 Å². The molecule has 1 fully saturated rings. The van der Waals surface area contributed by atoms with Crippen LogP contribution < -0.4 is 5.73 Å². The minimum atomic E-state index is -3.35. The maximum absolute atomic E-state index is 10.8. The number of halogens is 1. The first-order valence-electron chi connectivity index (χ1n) is 7.57. The Balaban J connectivity index is 2.18. The molecule has 22 heavy (non-hydrogen) atoms. The Hall–Kier alpha value is -0.480. The molecule has 0 saturated heterocycles. The highest BCUT2D eigenvalue weighted by Gasteiger charge is 2.44. The summed E-state index contributed by atoms with van der Waals surface area (Å²) >= 11 is 5.85. The molecule has 1 aliphatic carbocycles. The van der Waals surface area contributed by atoms with E-state index in [0.717, 1.165) is 31.3 Å². The van der Waals surface area contributed by atoms with E-state index in [2.05, 4.69) is 0 Å². The zero-order chi connectivity index (χ0) is 16.2. The summed E-state index contributed by atoms with van der Waals surface area (Å²) in [5.74, 6) is 1.59. The van der Waals surface area contributed by atoms with Gasteiger partial charge in [-0.05, 0) is 49.0 Å². The minimum Gasteiger partial charge on any atom is -0.380 e. The quantitative estimate of drug-likeness (QED) is 0.618.